The maximum Gasteiger partial charge on any atom is 0.334 e. The predicted octanol–water partition coefficient (Wildman–Crippen LogP) is 2.78. The van der Waals surface area contributed by atoms with E-state index in [1.54, 1.807) is 13.8 Å². The van der Waals surface area contributed by atoms with E-state index in [4.69, 9.17) is 15.9 Å². The van der Waals surface area contributed by atoms with Crippen LogP contribution in [-0.2, 0) is 16.1 Å². The lowest BCUT2D eigenvalue weighted by atomic mass is 9.72. The second-order valence-electron chi connectivity index (χ2n) is 13.2. The fourth-order valence-electron chi connectivity index (χ4n) is 5.59. The molecule has 14 heteroatoms. The van der Waals surface area contributed by atoms with Gasteiger partial charge in [0.2, 0.25) is 5.88 Å². The smallest absolute Gasteiger partial charge is 0.334 e. The fourth-order valence-corrected chi connectivity index (χ4v) is 6.34. The molecule has 1 saturated carbocycles. The molecule has 2 fully saturated rings. The Kier molecular flexibility index (Phi) is 9.78. The average Bonchev–Trinajstić information content (AvgIpc) is 3.05. The van der Waals surface area contributed by atoms with E-state index in [9.17, 15) is 29.5 Å². The van der Waals surface area contributed by atoms with E-state index in [-0.39, 0.29) is 51.4 Å². The van der Waals surface area contributed by atoms with Crippen molar-refractivity contribution in [3.05, 3.63) is 26.4 Å². The summed E-state index contributed by atoms with van der Waals surface area (Å²) in [5.74, 6) is -1.63. The Labute approximate surface area is 247 Å². The topological polar surface area (TPSA) is 188 Å². The van der Waals surface area contributed by atoms with Gasteiger partial charge in [0.1, 0.15) is 23.7 Å². The number of nitrogens with two attached hydrogens (primary N) is 1. The molecule has 3 amide bonds. The van der Waals surface area contributed by atoms with Crippen LogP contribution in [0.4, 0.5) is 4.79 Å². The second-order valence-corrected chi connectivity index (χ2v) is 18.8. The number of aromatic nitrogens is 2. The first kappa shape index (κ1) is 33.1. The molecule has 2 heterocycles. The van der Waals surface area contributed by atoms with Gasteiger partial charge in [0.15, 0.2) is 0 Å². The molecule has 0 spiro atoms. The molecule has 0 aromatic carbocycles. The molecule has 0 unspecified atom stereocenters. The van der Waals surface area contributed by atoms with Crippen LogP contribution in [0.2, 0.25) is 25.7 Å². The number of rotatable bonds is 12. The molecule has 2 aliphatic rings. The first-order valence-electron chi connectivity index (χ1n) is 14.6. The lowest BCUT2D eigenvalue weighted by Crippen LogP contribution is -2.51. The number of hydrogen-bond donors (Lipinski definition) is 3. The summed E-state index contributed by atoms with van der Waals surface area (Å²) in [6.45, 7) is 12.4. The number of ether oxygens (including phenoxy) is 1. The fraction of sp³-hybridized carbons (Fsp3) is 0.714. The number of unbranched alkanes of at least 4 members (excludes halogenated alkanes) is 1. The van der Waals surface area contributed by atoms with Gasteiger partial charge in [-0.25, -0.2) is 14.5 Å². The van der Waals surface area contributed by atoms with Crippen LogP contribution in [0.1, 0.15) is 70.9 Å². The number of aromatic hydroxyl groups is 1. The number of carbonyl (C=O) groups excluding carboxylic acids is 2. The van der Waals surface area contributed by atoms with E-state index in [2.05, 4.69) is 25.7 Å². The Bertz CT molecular complexity index is 1380. The van der Waals surface area contributed by atoms with Gasteiger partial charge in [-0.15, -0.1) is 0 Å². The number of amidine groups is 1. The third-order valence-corrected chi connectivity index (χ3v) is 10.2. The molecule has 4 N–H and O–H groups in total. The molecule has 3 rings (SSSR count). The Hall–Kier alpha value is -3.44. The van der Waals surface area contributed by atoms with Gasteiger partial charge in [-0.05, 0) is 52.0 Å². The first-order chi connectivity index (χ1) is 19.5. The third kappa shape index (κ3) is 6.46. The number of carbonyl (C=O) groups is 2. The second kappa shape index (κ2) is 12.4. The highest BCUT2D eigenvalue weighted by Crippen LogP contribution is 2.43. The van der Waals surface area contributed by atoms with Crippen molar-refractivity contribution in [3.8, 4) is 11.9 Å². The number of hydrogen-bond acceptors (Lipinski definition) is 8. The van der Waals surface area contributed by atoms with Gasteiger partial charge >= 0.3 is 11.7 Å². The third-order valence-electron chi connectivity index (χ3n) is 8.45. The number of nitrogens with zero attached hydrogens (tertiary/aromatic N) is 5. The Morgan fingerprint density at radius 1 is 1.19 bits per heavy atom. The quantitative estimate of drug-likeness (QED) is 0.107. The van der Waals surface area contributed by atoms with Crippen LogP contribution < -0.4 is 17.0 Å². The largest absolute Gasteiger partial charge is 0.494 e. The summed E-state index contributed by atoms with van der Waals surface area (Å²) < 4.78 is 7.81. The molecule has 1 aromatic heterocycles. The van der Waals surface area contributed by atoms with Crippen LogP contribution in [0.5, 0.6) is 5.88 Å². The Morgan fingerprint density at radius 2 is 1.81 bits per heavy atom. The van der Waals surface area contributed by atoms with E-state index in [1.807, 2.05) is 6.92 Å². The Balaban J connectivity index is 1.82. The van der Waals surface area contributed by atoms with Crippen molar-refractivity contribution in [2.75, 3.05) is 19.9 Å². The minimum atomic E-state index is -1.34. The lowest BCUT2D eigenvalue weighted by Gasteiger charge is -2.40. The van der Waals surface area contributed by atoms with Crippen molar-refractivity contribution in [2.24, 2.45) is 11.1 Å². The number of nitrogens with one attached hydrogen (secondary N) is 1. The zero-order valence-corrected chi connectivity index (χ0v) is 26.7. The van der Waals surface area contributed by atoms with Gasteiger partial charge in [0.25, 0.3) is 11.5 Å². The van der Waals surface area contributed by atoms with E-state index in [0.717, 1.165) is 26.5 Å². The van der Waals surface area contributed by atoms with Crippen LogP contribution in [-0.4, -0.2) is 75.3 Å². The predicted molar refractivity (Wildman–Crippen MR) is 160 cm³/mol. The van der Waals surface area contributed by atoms with Crippen LogP contribution >= 0.6 is 0 Å². The van der Waals surface area contributed by atoms with Gasteiger partial charge in [-0.3, -0.25) is 24.1 Å². The minimum Gasteiger partial charge on any atom is -0.494 e. The number of nitrogen functional groups attached to an aromatic ring is 1. The van der Waals surface area contributed by atoms with E-state index < -0.39 is 59.6 Å². The highest BCUT2D eigenvalue weighted by Gasteiger charge is 2.54. The van der Waals surface area contributed by atoms with Gasteiger partial charge < -0.3 is 20.5 Å². The average molecular weight is 604 g/mol. The molecule has 42 heavy (non-hydrogen) atoms. The molecule has 0 atom stereocenters. The van der Waals surface area contributed by atoms with Crippen molar-refractivity contribution < 1.29 is 19.4 Å². The molecule has 1 saturated heterocycles. The number of urea groups is 1. The van der Waals surface area contributed by atoms with E-state index in [1.165, 1.54) is 4.90 Å². The lowest BCUT2D eigenvalue weighted by molar-refractivity contribution is -0.135. The number of nitriles is 1. The molecule has 1 aliphatic heterocycles. The van der Waals surface area contributed by atoms with Crippen LogP contribution in [0, 0.1) is 22.2 Å². The Morgan fingerprint density at radius 3 is 2.33 bits per heavy atom. The molecule has 13 nitrogen and oxygen atoms in total. The van der Waals surface area contributed by atoms with Crippen molar-refractivity contribution in [2.45, 2.75) is 103 Å². The molecule has 0 bridgehead atoms. The highest BCUT2D eigenvalue weighted by molar-refractivity contribution is 6.76. The van der Waals surface area contributed by atoms with E-state index in [0.29, 0.717) is 13.0 Å². The van der Waals surface area contributed by atoms with Crippen molar-refractivity contribution >= 4 is 25.8 Å². The maximum atomic E-state index is 13.4. The van der Waals surface area contributed by atoms with Crippen LogP contribution in [0.25, 0.3) is 0 Å². The molecular formula is C28H45N7O6Si. The molecule has 232 valence electrons. The molecular weight excluding hydrogens is 558 g/mol. The molecule has 0 radical (unpaired) electrons. The summed E-state index contributed by atoms with van der Waals surface area (Å²) in [7, 11) is -1.34. The normalized spacial score (nSPS) is 22.5. The molecule has 1 aliphatic carbocycles. The summed E-state index contributed by atoms with van der Waals surface area (Å²) in [5, 5.41) is 28.7. The zero-order valence-electron chi connectivity index (χ0n) is 25.7. The SMILES string of the molecule is CCCCn1c(O)c(C(=N)N)c(=O)n(C2CCC(C#N)(CN3C(=O)N(COCC[Si](C)(C)C)C(=O)C3(C)C)CC2)c1=O. The van der Waals surface area contributed by atoms with Crippen LogP contribution in [0.3, 0.4) is 0 Å². The minimum absolute atomic E-state index is 0.0170. The summed E-state index contributed by atoms with van der Waals surface area (Å²) in [5.41, 5.74) is 1.51. The number of imide groups is 1. The highest BCUT2D eigenvalue weighted by atomic mass is 28.3. The van der Waals surface area contributed by atoms with E-state index >= 15 is 0 Å². The van der Waals surface area contributed by atoms with Crippen molar-refractivity contribution in [1.29, 1.82) is 10.7 Å². The van der Waals surface area contributed by atoms with Crippen LogP contribution in [0.15, 0.2) is 9.59 Å². The summed E-state index contributed by atoms with van der Waals surface area (Å²) in [4.78, 5) is 55.7. The zero-order chi connectivity index (χ0) is 31.6. The maximum absolute atomic E-state index is 13.4. The van der Waals surface area contributed by atoms with Crippen molar-refractivity contribution in [1.82, 2.24) is 18.9 Å². The summed E-state index contributed by atoms with van der Waals surface area (Å²) >= 11 is 0. The van der Waals surface area contributed by atoms with Gasteiger partial charge in [-0.2, -0.15) is 5.26 Å². The first-order valence-corrected chi connectivity index (χ1v) is 18.3. The van der Waals surface area contributed by atoms with Gasteiger partial charge in [0, 0.05) is 33.8 Å². The summed E-state index contributed by atoms with van der Waals surface area (Å²) in [6, 6.07) is 2.17. The van der Waals surface area contributed by atoms with Gasteiger partial charge in [0.05, 0.1) is 11.5 Å². The monoisotopic (exact) mass is 603 g/mol. The molecule has 1 aromatic rings. The standard InChI is InChI=1S/C28H45N7O6Si/c1-7-8-13-32-22(36)20(21(30)31)23(37)35(26(32)40)19-9-11-28(16-29,12-10-19)17-34-25(39)33(24(38)27(34,2)3)18-41-14-15-42(4,5)6/h19,36H,7-15,17-18H2,1-6H3,(H3,30,31). The van der Waals surface area contributed by atoms with Gasteiger partial charge in [-0.1, -0.05) is 33.0 Å². The van der Waals surface area contributed by atoms with Crippen molar-refractivity contribution in [3.63, 3.8) is 0 Å². The number of amides is 3. The summed E-state index contributed by atoms with van der Waals surface area (Å²) in [6.07, 6.45) is 2.41.